The van der Waals surface area contributed by atoms with Crippen molar-refractivity contribution in [1.82, 2.24) is 15.1 Å². The number of benzene rings is 1. The van der Waals surface area contributed by atoms with Crippen LogP contribution in [0.4, 0.5) is 0 Å². The van der Waals surface area contributed by atoms with E-state index in [9.17, 15) is 4.79 Å². The average Bonchev–Trinajstić information content (AvgIpc) is 3.09. The summed E-state index contributed by atoms with van der Waals surface area (Å²) in [6.07, 6.45) is 1.92. The highest BCUT2D eigenvalue weighted by Gasteiger charge is 2.23. The molecule has 0 aliphatic carbocycles. The maximum absolute atomic E-state index is 12.3. The highest BCUT2D eigenvalue weighted by Crippen LogP contribution is 2.18. The quantitative estimate of drug-likeness (QED) is 0.847. The largest absolute Gasteiger partial charge is 0.421 e. The number of rotatable bonds is 5. The first-order valence-electron chi connectivity index (χ1n) is 8.03. The molecule has 3 rings (SSSR count). The van der Waals surface area contributed by atoms with Crippen LogP contribution in [0.3, 0.4) is 0 Å². The van der Waals surface area contributed by atoms with Crippen LogP contribution in [0.1, 0.15) is 25.7 Å². The number of morpholine rings is 1. The molecule has 0 N–H and O–H groups in total. The number of nitrogens with zero attached hydrogens (tertiary/aromatic N) is 3. The fourth-order valence-electron chi connectivity index (χ4n) is 2.62. The van der Waals surface area contributed by atoms with Crippen molar-refractivity contribution in [1.29, 1.82) is 0 Å². The molecular weight excluding hydrogens is 294 g/mol. The van der Waals surface area contributed by atoms with Crippen LogP contribution in [0.5, 0.6) is 0 Å². The molecule has 122 valence electrons. The second kappa shape index (κ2) is 7.37. The Labute approximate surface area is 135 Å². The zero-order chi connectivity index (χ0) is 16.1. The molecule has 2 heterocycles. The van der Waals surface area contributed by atoms with Crippen molar-refractivity contribution in [3.8, 4) is 11.5 Å². The van der Waals surface area contributed by atoms with Crippen molar-refractivity contribution < 1.29 is 13.9 Å². The van der Waals surface area contributed by atoms with Gasteiger partial charge in [-0.2, -0.15) is 0 Å². The van der Waals surface area contributed by atoms with Crippen LogP contribution in [0.25, 0.3) is 11.5 Å². The van der Waals surface area contributed by atoms with E-state index in [1.807, 2.05) is 35.2 Å². The highest BCUT2D eigenvalue weighted by atomic mass is 16.5. The van der Waals surface area contributed by atoms with E-state index in [4.69, 9.17) is 9.15 Å². The monoisotopic (exact) mass is 315 g/mol. The average molecular weight is 315 g/mol. The Balaban J connectivity index is 1.54. The molecule has 2 aromatic rings. The normalized spacial score (nSPS) is 18.1. The Bertz CT molecular complexity index is 642. The molecule has 1 saturated heterocycles. The van der Waals surface area contributed by atoms with Gasteiger partial charge < -0.3 is 14.1 Å². The third-order valence-corrected chi connectivity index (χ3v) is 3.99. The third-order valence-electron chi connectivity index (χ3n) is 3.99. The molecule has 6 heteroatoms. The standard InChI is InChI=1S/C17H21N3O3/c1-2-14-12-20(10-11-22-14)16(21)9-8-15-18-19-17(23-15)13-6-4-3-5-7-13/h3-7,14H,2,8-12H2,1H3. The Hall–Kier alpha value is -2.21. The molecule has 0 saturated carbocycles. The van der Waals surface area contributed by atoms with Crippen LogP contribution in [0.2, 0.25) is 0 Å². The lowest BCUT2D eigenvalue weighted by Crippen LogP contribution is -2.45. The zero-order valence-electron chi connectivity index (χ0n) is 13.3. The number of amides is 1. The summed E-state index contributed by atoms with van der Waals surface area (Å²) in [5, 5.41) is 8.07. The molecule has 0 spiro atoms. The molecule has 23 heavy (non-hydrogen) atoms. The Morgan fingerprint density at radius 3 is 2.91 bits per heavy atom. The van der Waals surface area contributed by atoms with E-state index < -0.39 is 0 Å². The van der Waals surface area contributed by atoms with Gasteiger partial charge in [-0.05, 0) is 18.6 Å². The molecular formula is C17H21N3O3. The lowest BCUT2D eigenvalue weighted by molar-refractivity contribution is -0.138. The van der Waals surface area contributed by atoms with Crippen molar-refractivity contribution in [2.75, 3.05) is 19.7 Å². The first-order valence-corrected chi connectivity index (χ1v) is 8.03. The lowest BCUT2D eigenvalue weighted by atomic mass is 10.2. The zero-order valence-corrected chi connectivity index (χ0v) is 13.3. The molecule has 1 aliphatic rings. The predicted molar refractivity (Wildman–Crippen MR) is 84.7 cm³/mol. The van der Waals surface area contributed by atoms with Crippen molar-refractivity contribution in [2.24, 2.45) is 0 Å². The van der Waals surface area contributed by atoms with Gasteiger partial charge in [0, 0.05) is 31.5 Å². The Morgan fingerprint density at radius 2 is 2.13 bits per heavy atom. The van der Waals surface area contributed by atoms with E-state index in [2.05, 4.69) is 17.1 Å². The Morgan fingerprint density at radius 1 is 1.30 bits per heavy atom. The van der Waals surface area contributed by atoms with Gasteiger partial charge in [-0.15, -0.1) is 10.2 Å². The molecule has 0 radical (unpaired) electrons. The first kappa shape index (κ1) is 15.7. The molecule has 1 amide bonds. The minimum absolute atomic E-state index is 0.117. The molecule has 1 aromatic carbocycles. The summed E-state index contributed by atoms with van der Waals surface area (Å²) >= 11 is 0. The molecule has 1 aromatic heterocycles. The smallest absolute Gasteiger partial charge is 0.247 e. The molecule has 0 bridgehead atoms. The maximum atomic E-state index is 12.3. The topological polar surface area (TPSA) is 68.5 Å². The summed E-state index contributed by atoms with van der Waals surface area (Å²) in [6.45, 7) is 4.02. The van der Waals surface area contributed by atoms with Gasteiger partial charge in [0.05, 0.1) is 12.7 Å². The second-order valence-corrected chi connectivity index (χ2v) is 5.61. The van der Waals surface area contributed by atoms with Gasteiger partial charge in [0.25, 0.3) is 0 Å². The highest BCUT2D eigenvalue weighted by molar-refractivity contribution is 5.76. The van der Waals surface area contributed by atoms with Gasteiger partial charge in [0.1, 0.15) is 0 Å². The van der Waals surface area contributed by atoms with Crippen LogP contribution >= 0.6 is 0 Å². The minimum atomic E-state index is 0.117. The number of aryl methyl sites for hydroxylation is 1. The number of hydrogen-bond donors (Lipinski definition) is 0. The van der Waals surface area contributed by atoms with Crippen LogP contribution in [0, 0.1) is 0 Å². The number of carbonyl (C=O) groups excluding carboxylic acids is 1. The summed E-state index contributed by atoms with van der Waals surface area (Å²) < 4.78 is 11.2. The van der Waals surface area contributed by atoms with E-state index in [0.29, 0.717) is 44.3 Å². The van der Waals surface area contributed by atoms with Gasteiger partial charge in [-0.1, -0.05) is 25.1 Å². The summed E-state index contributed by atoms with van der Waals surface area (Å²) in [5.74, 6) is 1.11. The van der Waals surface area contributed by atoms with Crippen LogP contribution < -0.4 is 0 Å². The van der Waals surface area contributed by atoms with Gasteiger partial charge in [-0.25, -0.2) is 0 Å². The SMILES string of the molecule is CCC1CN(C(=O)CCc2nnc(-c3ccccc3)o2)CCO1. The van der Waals surface area contributed by atoms with Crippen molar-refractivity contribution >= 4 is 5.91 Å². The van der Waals surface area contributed by atoms with Crippen molar-refractivity contribution in [2.45, 2.75) is 32.3 Å². The number of hydrogen-bond acceptors (Lipinski definition) is 5. The maximum Gasteiger partial charge on any atom is 0.247 e. The van der Waals surface area contributed by atoms with E-state index in [0.717, 1.165) is 12.0 Å². The fraction of sp³-hybridized carbons (Fsp3) is 0.471. The summed E-state index contributed by atoms with van der Waals surface area (Å²) in [6, 6.07) is 9.62. The van der Waals surface area contributed by atoms with Crippen LogP contribution in [-0.4, -0.2) is 46.8 Å². The van der Waals surface area contributed by atoms with Crippen molar-refractivity contribution in [3.63, 3.8) is 0 Å². The molecule has 1 aliphatic heterocycles. The number of carbonyl (C=O) groups is 1. The van der Waals surface area contributed by atoms with Gasteiger partial charge in [0.15, 0.2) is 0 Å². The van der Waals surface area contributed by atoms with Crippen LogP contribution in [-0.2, 0) is 16.0 Å². The summed E-state index contributed by atoms with van der Waals surface area (Å²) in [4.78, 5) is 14.2. The van der Waals surface area contributed by atoms with Gasteiger partial charge >= 0.3 is 0 Å². The number of ether oxygens (including phenoxy) is 1. The van der Waals surface area contributed by atoms with E-state index in [1.54, 1.807) is 0 Å². The minimum Gasteiger partial charge on any atom is -0.421 e. The predicted octanol–water partition coefficient (Wildman–Crippen LogP) is 2.31. The first-order chi connectivity index (χ1) is 11.3. The van der Waals surface area contributed by atoms with E-state index in [-0.39, 0.29) is 12.0 Å². The van der Waals surface area contributed by atoms with Crippen molar-refractivity contribution in [3.05, 3.63) is 36.2 Å². The van der Waals surface area contributed by atoms with Crippen LogP contribution in [0.15, 0.2) is 34.7 Å². The summed E-state index contributed by atoms with van der Waals surface area (Å²) in [5.41, 5.74) is 0.886. The third kappa shape index (κ3) is 3.96. The van der Waals surface area contributed by atoms with Gasteiger partial charge in [-0.3, -0.25) is 4.79 Å². The fourth-order valence-corrected chi connectivity index (χ4v) is 2.62. The molecule has 1 fully saturated rings. The molecule has 6 nitrogen and oxygen atoms in total. The second-order valence-electron chi connectivity index (χ2n) is 5.61. The Kier molecular flexibility index (Phi) is 5.02. The number of aromatic nitrogens is 2. The van der Waals surface area contributed by atoms with E-state index in [1.165, 1.54) is 0 Å². The van der Waals surface area contributed by atoms with E-state index >= 15 is 0 Å². The lowest BCUT2D eigenvalue weighted by Gasteiger charge is -2.32. The van der Waals surface area contributed by atoms with Gasteiger partial charge in [0.2, 0.25) is 17.7 Å². The molecule has 1 unspecified atom stereocenters. The molecule has 1 atom stereocenters. The summed E-state index contributed by atoms with van der Waals surface area (Å²) in [7, 11) is 0.